The molecule has 0 heterocycles. The molecule has 0 amide bonds. The van der Waals surface area contributed by atoms with Crippen molar-refractivity contribution in [3.8, 4) is 5.75 Å². The average Bonchev–Trinajstić information content (AvgIpc) is 2.16. The maximum atomic E-state index is 11.6. The minimum Gasteiger partial charge on any atom is -0.861 e. The van der Waals surface area contributed by atoms with Gasteiger partial charge in [0.2, 0.25) is 0 Å². The van der Waals surface area contributed by atoms with E-state index in [0.29, 0.717) is 11.4 Å². The van der Waals surface area contributed by atoms with Gasteiger partial charge in [-0.2, -0.15) is 0 Å². The molecule has 3 nitrogen and oxygen atoms in total. The van der Waals surface area contributed by atoms with Crippen LogP contribution in [-0.2, 0) is 0 Å². The first-order valence-corrected chi connectivity index (χ1v) is 4.76. The zero-order valence-corrected chi connectivity index (χ0v) is 11.5. The number of aliphatic imine (C=N–C) groups is 1. The van der Waals surface area contributed by atoms with E-state index in [9.17, 15) is 5.11 Å². The molecule has 0 bridgehead atoms. The fraction of sp³-hybridized carbons (Fsp3) is 0.417. The maximum absolute atomic E-state index is 11.6. The summed E-state index contributed by atoms with van der Waals surface area (Å²) in [5.41, 5.74) is 0.0472. The smallest absolute Gasteiger partial charge is 0.861 e. The first kappa shape index (κ1) is 19.0. The van der Waals surface area contributed by atoms with E-state index in [1.54, 1.807) is 25.3 Å². The molecule has 1 rings (SSSR count). The monoisotopic (exact) mass is 219 g/mol. The van der Waals surface area contributed by atoms with Crippen molar-refractivity contribution in [2.24, 2.45) is 10.4 Å². The normalized spacial score (nSPS) is 11.2. The molecule has 0 spiro atoms. The van der Waals surface area contributed by atoms with E-state index in [1.165, 1.54) is 0 Å². The molecule has 0 saturated heterocycles. The Labute approximate surface area is 127 Å². The van der Waals surface area contributed by atoms with E-state index in [1.807, 2.05) is 20.8 Å². The SMILES string of the molecule is COc1[c]c(N=C([O-])C(C)(C)C)ccc1.[Li+].[Li]. The van der Waals surface area contributed by atoms with Crippen LogP contribution in [0.2, 0.25) is 0 Å². The van der Waals surface area contributed by atoms with Crippen LogP contribution in [0, 0.1) is 11.5 Å². The molecule has 0 saturated carbocycles. The van der Waals surface area contributed by atoms with Gasteiger partial charge in [0, 0.05) is 18.9 Å². The third-order valence-electron chi connectivity index (χ3n) is 1.84. The zero-order valence-electron chi connectivity index (χ0n) is 11.5. The van der Waals surface area contributed by atoms with Crippen LogP contribution >= 0.6 is 0 Å². The van der Waals surface area contributed by atoms with E-state index in [2.05, 4.69) is 11.1 Å². The summed E-state index contributed by atoms with van der Waals surface area (Å²) in [6.45, 7) is 5.50. The molecule has 0 aliphatic rings. The molecular formula is C12H15Li2NO2. The van der Waals surface area contributed by atoms with Gasteiger partial charge in [0.05, 0.1) is 18.9 Å². The van der Waals surface area contributed by atoms with Crippen molar-refractivity contribution >= 4 is 30.4 Å². The summed E-state index contributed by atoms with van der Waals surface area (Å²) < 4.78 is 5.00. The Bertz CT molecular complexity index is 373. The fourth-order valence-corrected chi connectivity index (χ4v) is 0.898. The summed E-state index contributed by atoms with van der Waals surface area (Å²) in [5, 5.41) is 11.6. The summed E-state index contributed by atoms with van der Waals surface area (Å²) >= 11 is 0. The second-order valence-corrected chi connectivity index (χ2v) is 4.27. The van der Waals surface area contributed by atoms with Gasteiger partial charge in [-0.15, -0.1) is 0 Å². The molecule has 0 aliphatic heterocycles. The Morgan fingerprint density at radius 3 is 2.41 bits per heavy atom. The molecule has 0 aliphatic carbocycles. The maximum Gasteiger partial charge on any atom is 1.00 e. The van der Waals surface area contributed by atoms with Crippen molar-refractivity contribution in [1.82, 2.24) is 0 Å². The van der Waals surface area contributed by atoms with Crippen LogP contribution in [0.5, 0.6) is 5.75 Å². The van der Waals surface area contributed by atoms with Gasteiger partial charge < -0.3 is 9.84 Å². The number of ether oxygens (including phenoxy) is 1. The van der Waals surface area contributed by atoms with Crippen molar-refractivity contribution in [2.45, 2.75) is 20.8 Å². The minimum absolute atomic E-state index is 0. The van der Waals surface area contributed by atoms with Gasteiger partial charge >= 0.3 is 18.9 Å². The molecule has 1 aromatic carbocycles. The Morgan fingerprint density at radius 1 is 1.35 bits per heavy atom. The van der Waals surface area contributed by atoms with Crippen molar-refractivity contribution in [3.05, 3.63) is 24.3 Å². The van der Waals surface area contributed by atoms with Crippen LogP contribution in [0.3, 0.4) is 0 Å². The summed E-state index contributed by atoms with van der Waals surface area (Å²) in [6, 6.07) is 8.16. The number of methoxy groups -OCH3 is 1. The Morgan fingerprint density at radius 2 is 1.94 bits per heavy atom. The van der Waals surface area contributed by atoms with Crippen molar-refractivity contribution < 1.29 is 28.7 Å². The minimum atomic E-state index is -0.461. The molecule has 82 valence electrons. The van der Waals surface area contributed by atoms with E-state index < -0.39 is 5.41 Å². The molecule has 17 heavy (non-hydrogen) atoms. The van der Waals surface area contributed by atoms with Gasteiger partial charge in [0.1, 0.15) is 5.75 Å². The molecule has 0 unspecified atom stereocenters. The van der Waals surface area contributed by atoms with E-state index in [4.69, 9.17) is 4.74 Å². The standard InChI is InChI=1S/C12H16NO2.2Li/c1-12(2,3)11(14)13-9-6-5-7-10(8-9)15-4;;/h5-7H,1-4H3,(H,13,14);;/q;;+1/p-1. The Hall–Kier alpha value is -0.315. The van der Waals surface area contributed by atoms with Crippen LogP contribution in [0.15, 0.2) is 23.2 Å². The number of nitrogens with zero attached hydrogens (tertiary/aromatic N) is 1. The van der Waals surface area contributed by atoms with Gasteiger partial charge in [-0.25, -0.2) is 0 Å². The van der Waals surface area contributed by atoms with Gasteiger partial charge in [-0.05, 0) is 23.4 Å². The predicted molar refractivity (Wildman–Crippen MR) is 64.1 cm³/mol. The van der Waals surface area contributed by atoms with Crippen LogP contribution in [-0.4, -0.2) is 31.9 Å². The summed E-state index contributed by atoms with van der Waals surface area (Å²) in [4.78, 5) is 3.96. The number of hydrogen-bond donors (Lipinski definition) is 0. The first-order valence-electron chi connectivity index (χ1n) is 4.76. The van der Waals surface area contributed by atoms with Gasteiger partial charge in [-0.1, -0.05) is 26.8 Å². The molecule has 2 radical (unpaired) electrons. The third kappa shape index (κ3) is 6.25. The topological polar surface area (TPSA) is 44.6 Å². The number of benzene rings is 1. The quantitative estimate of drug-likeness (QED) is 0.347. The fourth-order valence-electron chi connectivity index (χ4n) is 0.898. The summed E-state index contributed by atoms with van der Waals surface area (Å²) in [7, 11) is 1.56. The second-order valence-electron chi connectivity index (χ2n) is 4.27. The van der Waals surface area contributed by atoms with Crippen LogP contribution in [0.25, 0.3) is 0 Å². The number of rotatable bonds is 2. The van der Waals surface area contributed by atoms with Crippen LogP contribution < -0.4 is 28.7 Å². The predicted octanol–water partition coefficient (Wildman–Crippen LogP) is -1.45. The summed E-state index contributed by atoms with van der Waals surface area (Å²) in [5.74, 6) is 0.421. The Balaban J connectivity index is 0. The van der Waals surface area contributed by atoms with Crippen molar-refractivity contribution in [2.75, 3.05) is 7.11 Å². The number of hydrogen-bond acceptors (Lipinski definition) is 3. The molecule has 0 N–H and O–H groups in total. The van der Waals surface area contributed by atoms with Crippen molar-refractivity contribution in [3.63, 3.8) is 0 Å². The molecule has 0 aromatic heterocycles. The average molecular weight is 219 g/mol. The molecule has 0 atom stereocenters. The van der Waals surface area contributed by atoms with Gasteiger partial charge in [-0.3, -0.25) is 4.99 Å². The zero-order chi connectivity index (χ0) is 11.5. The Kier molecular flexibility index (Phi) is 8.85. The van der Waals surface area contributed by atoms with Crippen LogP contribution in [0.1, 0.15) is 20.8 Å². The van der Waals surface area contributed by atoms with Crippen molar-refractivity contribution in [1.29, 1.82) is 0 Å². The molecule has 5 heteroatoms. The molecule has 1 aromatic rings. The third-order valence-corrected chi connectivity index (χ3v) is 1.84. The summed E-state index contributed by atoms with van der Waals surface area (Å²) in [6.07, 6.45) is 0. The first-order chi connectivity index (χ1) is 6.93. The molecule has 0 fully saturated rings. The van der Waals surface area contributed by atoms with Crippen LogP contribution in [0.4, 0.5) is 5.69 Å². The second kappa shape index (κ2) is 7.91. The van der Waals surface area contributed by atoms with E-state index in [0.717, 1.165) is 0 Å². The largest absolute Gasteiger partial charge is 1.00 e. The van der Waals surface area contributed by atoms with Gasteiger partial charge in [0.25, 0.3) is 0 Å². The van der Waals surface area contributed by atoms with E-state index in [-0.39, 0.29) is 43.6 Å². The van der Waals surface area contributed by atoms with E-state index >= 15 is 0 Å². The van der Waals surface area contributed by atoms with Gasteiger partial charge in [0.15, 0.2) is 0 Å². The molecular weight excluding hydrogens is 204 g/mol.